The molecule has 0 radical (unpaired) electrons. The summed E-state index contributed by atoms with van der Waals surface area (Å²) in [5.74, 6) is -1.32. The van der Waals surface area contributed by atoms with E-state index in [0.717, 1.165) is 0 Å². The molecule has 0 aromatic heterocycles. The highest BCUT2D eigenvalue weighted by Crippen LogP contribution is 2.21. The molecule has 1 rings (SSSR count). The van der Waals surface area contributed by atoms with Crippen LogP contribution in [0.25, 0.3) is 0 Å². The lowest BCUT2D eigenvalue weighted by Gasteiger charge is -2.04. The molecule has 0 atom stereocenters. The van der Waals surface area contributed by atoms with Crippen molar-refractivity contribution in [1.82, 2.24) is 0 Å². The Morgan fingerprint density at radius 1 is 1.00 bits per heavy atom. The quantitative estimate of drug-likeness (QED) is 0.620. The van der Waals surface area contributed by atoms with Gasteiger partial charge in [0.1, 0.15) is 5.69 Å². The van der Waals surface area contributed by atoms with Crippen LogP contribution in [0, 0.1) is 25.5 Å². The number of nitrogens with two attached hydrogens (primary N) is 1. The maximum atomic E-state index is 12.8. The number of anilines is 1. The minimum absolute atomic E-state index is 0.376. The lowest BCUT2D eigenvalue weighted by Crippen LogP contribution is -1.99. The molecule has 3 heteroatoms. The van der Waals surface area contributed by atoms with E-state index in [-0.39, 0.29) is 5.69 Å². The molecule has 0 unspecified atom stereocenters. The van der Waals surface area contributed by atoms with Gasteiger partial charge in [-0.2, -0.15) is 0 Å². The first-order chi connectivity index (χ1) is 6.04. The lowest BCUT2D eigenvalue weighted by molar-refractivity contribution is 0.580. The van der Waals surface area contributed by atoms with Gasteiger partial charge in [0.2, 0.25) is 0 Å². The normalized spacial score (nSPS) is 9.08. The number of aryl methyl sites for hydroxylation is 2. The van der Waals surface area contributed by atoms with Crippen LogP contribution in [0.4, 0.5) is 14.5 Å². The van der Waals surface area contributed by atoms with Gasteiger partial charge in [-0.05, 0) is 25.0 Å². The van der Waals surface area contributed by atoms with Crippen LogP contribution >= 0.6 is 0 Å². The molecule has 2 N–H and O–H groups in total. The lowest BCUT2D eigenvalue weighted by atomic mass is 10.1. The number of hydrogen-bond donors (Lipinski definition) is 1. The van der Waals surface area contributed by atoms with E-state index in [0.29, 0.717) is 11.1 Å². The van der Waals surface area contributed by atoms with Gasteiger partial charge >= 0.3 is 0 Å². The fraction of sp³-hybridized carbons (Fsp3) is 0.400. The predicted molar refractivity (Wildman–Crippen MR) is 51.6 cm³/mol. The summed E-state index contributed by atoms with van der Waals surface area (Å²) in [6.07, 6.45) is 0. The van der Waals surface area contributed by atoms with Crippen molar-refractivity contribution in [2.75, 3.05) is 5.73 Å². The van der Waals surface area contributed by atoms with Gasteiger partial charge in [-0.1, -0.05) is 19.9 Å². The molecule has 13 heavy (non-hydrogen) atoms. The summed E-state index contributed by atoms with van der Waals surface area (Å²) < 4.78 is 25.6. The van der Waals surface area contributed by atoms with Crippen molar-refractivity contribution in [3.63, 3.8) is 0 Å². The molecule has 1 aromatic carbocycles. The molecular weight excluding hydrogens is 172 g/mol. The van der Waals surface area contributed by atoms with Crippen molar-refractivity contribution in [3.8, 4) is 0 Å². The van der Waals surface area contributed by atoms with Gasteiger partial charge < -0.3 is 5.73 Å². The Bertz CT molecular complexity index is 269. The Balaban J connectivity index is 0.000000671. The topological polar surface area (TPSA) is 26.0 Å². The third kappa shape index (κ3) is 2.41. The van der Waals surface area contributed by atoms with Crippen molar-refractivity contribution in [2.24, 2.45) is 0 Å². The average Bonchev–Trinajstić information content (AvgIpc) is 2.15. The van der Waals surface area contributed by atoms with Crippen LogP contribution in [0.1, 0.15) is 25.0 Å². The van der Waals surface area contributed by atoms with Crippen LogP contribution in [-0.2, 0) is 0 Å². The molecule has 0 heterocycles. The van der Waals surface area contributed by atoms with Crippen molar-refractivity contribution < 1.29 is 8.78 Å². The van der Waals surface area contributed by atoms with Crippen LogP contribution in [0.15, 0.2) is 6.07 Å². The number of hydrogen-bond acceptors (Lipinski definition) is 1. The smallest absolute Gasteiger partial charge is 0.152 e. The van der Waals surface area contributed by atoms with Crippen LogP contribution < -0.4 is 5.73 Å². The molecule has 1 nitrogen and oxygen atoms in total. The number of nitrogen functional groups attached to an aromatic ring is 1. The molecule has 0 saturated carbocycles. The third-order valence-corrected chi connectivity index (χ3v) is 1.60. The minimum Gasteiger partial charge on any atom is -0.394 e. The van der Waals surface area contributed by atoms with Gasteiger partial charge in [0, 0.05) is 0 Å². The largest absolute Gasteiger partial charge is 0.394 e. The van der Waals surface area contributed by atoms with E-state index in [1.165, 1.54) is 6.07 Å². The SMILES string of the molecule is CC.Cc1cc(C)c(F)c(N)c1F. The van der Waals surface area contributed by atoms with Gasteiger partial charge in [0.05, 0.1) is 0 Å². The van der Waals surface area contributed by atoms with E-state index in [1.54, 1.807) is 13.8 Å². The Morgan fingerprint density at radius 2 is 1.31 bits per heavy atom. The molecule has 0 fully saturated rings. The van der Waals surface area contributed by atoms with Crippen LogP contribution in [0.2, 0.25) is 0 Å². The Hall–Kier alpha value is -1.12. The van der Waals surface area contributed by atoms with Gasteiger partial charge in [0.15, 0.2) is 11.6 Å². The second-order valence-electron chi connectivity index (χ2n) is 2.55. The van der Waals surface area contributed by atoms with Gasteiger partial charge in [0.25, 0.3) is 0 Å². The summed E-state index contributed by atoms with van der Waals surface area (Å²) in [6, 6.07) is 1.43. The molecular formula is C10H15F2N. The van der Waals surface area contributed by atoms with E-state index in [9.17, 15) is 8.78 Å². The summed E-state index contributed by atoms with van der Waals surface area (Å²) in [5.41, 5.74) is 5.50. The third-order valence-electron chi connectivity index (χ3n) is 1.60. The molecule has 1 aromatic rings. The zero-order chi connectivity index (χ0) is 10.6. The summed E-state index contributed by atoms with van der Waals surface area (Å²) in [6.45, 7) is 7.11. The second kappa shape index (κ2) is 4.80. The van der Waals surface area contributed by atoms with Crippen molar-refractivity contribution in [2.45, 2.75) is 27.7 Å². The molecule has 0 aliphatic rings. The molecule has 0 aliphatic carbocycles. The summed E-state index contributed by atoms with van der Waals surface area (Å²) in [5, 5.41) is 0. The van der Waals surface area contributed by atoms with Crippen molar-refractivity contribution in [3.05, 3.63) is 28.8 Å². The molecule has 0 bridgehead atoms. The summed E-state index contributed by atoms with van der Waals surface area (Å²) >= 11 is 0. The highest BCUT2D eigenvalue weighted by molar-refractivity contribution is 5.47. The van der Waals surface area contributed by atoms with Gasteiger partial charge in [-0.3, -0.25) is 0 Å². The van der Waals surface area contributed by atoms with Crippen LogP contribution in [-0.4, -0.2) is 0 Å². The first-order valence-electron chi connectivity index (χ1n) is 4.24. The van der Waals surface area contributed by atoms with E-state index >= 15 is 0 Å². The number of benzene rings is 1. The molecule has 74 valence electrons. The van der Waals surface area contributed by atoms with E-state index in [4.69, 9.17) is 5.73 Å². The van der Waals surface area contributed by atoms with Gasteiger partial charge in [-0.25, -0.2) is 8.78 Å². The van der Waals surface area contributed by atoms with Crippen LogP contribution in [0.3, 0.4) is 0 Å². The summed E-state index contributed by atoms with van der Waals surface area (Å²) in [4.78, 5) is 0. The maximum Gasteiger partial charge on any atom is 0.152 e. The minimum atomic E-state index is -0.659. The highest BCUT2D eigenvalue weighted by Gasteiger charge is 2.10. The van der Waals surface area contributed by atoms with E-state index < -0.39 is 11.6 Å². The number of rotatable bonds is 0. The first-order valence-corrected chi connectivity index (χ1v) is 4.24. The zero-order valence-corrected chi connectivity index (χ0v) is 8.41. The number of halogens is 2. The molecule has 0 amide bonds. The van der Waals surface area contributed by atoms with Gasteiger partial charge in [-0.15, -0.1) is 0 Å². The van der Waals surface area contributed by atoms with Crippen molar-refractivity contribution >= 4 is 5.69 Å². The second-order valence-corrected chi connectivity index (χ2v) is 2.55. The predicted octanol–water partition coefficient (Wildman–Crippen LogP) is 3.19. The standard InChI is InChI=1S/C8H9F2N.C2H6/c1-4-3-5(2)7(10)8(11)6(4)9;1-2/h3H,11H2,1-2H3;1-2H3. The van der Waals surface area contributed by atoms with Crippen LogP contribution in [0.5, 0.6) is 0 Å². The summed E-state index contributed by atoms with van der Waals surface area (Å²) in [7, 11) is 0. The molecule has 0 spiro atoms. The molecule has 0 saturated heterocycles. The Morgan fingerprint density at radius 3 is 1.62 bits per heavy atom. The zero-order valence-electron chi connectivity index (χ0n) is 8.41. The van der Waals surface area contributed by atoms with E-state index in [2.05, 4.69) is 0 Å². The average molecular weight is 187 g/mol. The Labute approximate surface area is 77.6 Å². The fourth-order valence-electron chi connectivity index (χ4n) is 0.973. The van der Waals surface area contributed by atoms with Crippen molar-refractivity contribution in [1.29, 1.82) is 0 Å². The fourth-order valence-corrected chi connectivity index (χ4v) is 0.973. The highest BCUT2D eigenvalue weighted by atomic mass is 19.1. The monoisotopic (exact) mass is 187 g/mol. The van der Waals surface area contributed by atoms with E-state index in [1.807, 2.05) is 13.8 Å². The maximum absolute atomic E-state index is 12.8. The first kappa shape index (κ1) is 11.9. The molecule has 0 aliphatic heterocycles. The Kier molecular flexibility index (Phi) is 4.38.